The van der Waals surface area contributed by atoms with E-state index in [9.17, 15) is 9.59 Å². The highest BCUT2D eigenvalue weighted by Gasteiger charge is 2.13. The molecule has 0 saturated heterocycles. The predicted octanol–water partition coefficient (Wildman–Crippen LogP) is 2.41. The molecule has 5 heteroatoms. The zero-order valence-corrected chi connectivity index (χ0v) is 9.65. The van der Waals surface area contributed by atoms with Crippen molar-refractivity contribution in [2.45, 2.75) is 20.1 Å². The van der Waals surface area contributed by atoms with Crippen molar-refractivity contribution in [3.05, 3.63) is 34.9 Å². The van der Waals surface area contributed by atoms with E-state index in [-0.39, 0.29) is 0 Å². The first kappa shape index (κ1) is 12.5. The normalized spacial score (nSPS) is 11.7. The van der Waals surface area contributed by atoms with Gasteiger partial charge in [-0.15, -0.1) is 0 Å². The summed E-state index contributed by atoms with van der Waals surface area (Å²) in [5.41, 5.74) is 0.350. The molecule has 1 atom stereocenters. The molecular weight excluding hydrogens is 232 g/mol. The summed E-state index contributed by atoms with van der Waals surface area (Å²) in [6, 6.07) is 6.22. The molecular formula is C11H11ClO4. The van der Waals surface area contributed by atoms with E-state index in [4.69, 9.17) is 16.3 Å². The largest absolute Gasteiger partial charge is 0.426 e. The minimum absolute atomic E-state index is 0.350. The summed E-state index contributed by atoms with van der Waals surface area (Å²) in [6.07, 6.45) is -0.902. The van der Waals surface area contributed by atoms with Gasteiger partial charge in [-0.05, 0) is 24.3 Å². The second-order valence-electron chi connectivity index (χ2n) is 3.09. The number of carbonyl (C=O) groups excluding carboxylic acids is 2. The van der Waals surface area contributed by atoms with Gasteiger partial charge >= 0.3 is 11.9 Å². The fourth-order valence-corrected chi connectivity index (χ4v) is 1.19. The summed E-state index contributed by atoms with van der Waals surface area (Å²) in [6.45, 7) is 2.71. The fraction of sp³-hybridized carbons (Fsp3) is 0.273. The maximum absolute atomic E-state index is 11.5. The molecule has 0 N–H and O–H groups in total. The smallest absolute Gasteiger partial charge is 0.341 e. The van der Waals surface area contributed by atoms with Crippen LogP contribution < -0.4 is 0 Å². The molecule has 0 saturated carbocycles. The van der Waals surface area contributed by atoms with Gasteiger partial charge in [-0.1, -0.05) is 11.6 Å². The molecule has 0 aromatic heterocycles. The number of hydrogen-bond acceptors (Lipinski definition) is 4. The standard InChI is InChI=1S/C11H11ClO4/c1-7(13)15-8(2)16-11(14)9-3-5-10(12)6-4-9/h3-6,8H,1-2H3. The predicted molar refractivity (Wildman–Crippen MR) is 58.1 cm³/mol. The molecule has 0 radical (unpaired) electrons. The maximum Gasteiger partial charge on any atom is 0.341 e. The first-order valence-corrected chi connectivity index (χ1v) is 5.00. The molecule has 1 aromatic carbocycles. The maximum atomic E-state index is 11.5. The lowest BCUT2D eigenvalue weighted by Gasteiger charge is -2.12. The van der Waals surface area contributed by atoms with Crippen LogP contribution in [0.15, 0.2) is 24.3 Å². The van der Waals surface area contributed by atoms with E-state index in [1.54, 1.807) is 12.1 Å². The van der Waals surface area contributed by atoms with Gasteiger partial charge in [0.05, 0.1) is 5.56 Å². The van der Waals surface area contributed by atoms with Crippen LogP contribution in [-0.2, 0) is 14.3 Å². The lowest BCUT2D eigenvalue weighted by molar-refractivity contribution is -0.162. The van der Waals surface area contributed by atoms with Gasteiger partial charge in [0, 0.05) is 18.9 Å². The van der Waals surface area contributed by atoms with Gasteiger partial charge in [0.15, 0.2) is 0 Å². The zero-order valence-electron chi connectivity index (χ0n) is 8.90. The topological polar surface area (TPSA) is 52.6 Å². The van der Waals surface area contributed by atoms with Crippen LogP contribution in [0.1, 0.15) is 24.2 Å². The Kier molecular flexibility index (Phi) is 4.31. The van der Waals surface area contributed by atoms with Crippen LogP contribution in [0.3, 0.4) is 0 Å². The summed E-state index contributed by atoms with van der Waals surface area (Å²) in [5, 5.41) is 0.532. The number of ether oxygens (including phenoxy) is 2. The average Bonchev–Trinajstić information content (AvgIpc) is 2.16. The van der Waals surface area contributed by atoms with Gasteiger partial charge in [-0.3, -0.25) is 4.79 Å². The summed E-state index contributed by atoms with van der Waals surface area (Å²) < 4.78 is 9.52. The Morgan fingerprint density at radius 2 is 1.75 bits per heavy atom. The van der Waals surface area contributed by atoms with Crippen molar-refractivity contribution in [2.75, 3.05) is 0 Å². The van der Waals surface area contributed by atoms with E-state index in [1.165, 1.54) is 26.0 Å². The van der Waals surface area contributed by atoms with Crippen LogP contribution >= 0.6 is 11.6 Å². The number of hydrogen-bond donors (Lipinski definition) is 0. The number of halogens is 1. The van der Waals surface area contributed by atoms with Crippen LogP contribution in [0.25, 0.3) is 0 Å². The fourth-order valence-electron chi connectivity index (χ4n) is 1.06. The van der Waals surface area contributed by atoms with Crippen molar-refractivity contribution in [2.24, 2.45) is 0 Å². The molecule has 0 bridgehead atoms. The zero-order chi connectivity index (χ0) is 12.1. The van der Waals surface area contributed by atoms with E-state index < -0.39 is 18.2 Å². The Balaban J connectivity index is 2.58. The molecule has 0 heterocycles. The molecule has 0 aliphatic rings. The highest BCUT2D eigenvalue weighted by Crippen LogP contribution is 2.11. The number of rotatable bonds is 3. The monoisotopic (exact) mass is 242 g/mol. The van der Waals surface area contributed by atoms with Crippen molar-refractivity contribution < 1.29 is 19.1 Å². The summed E-state index contributed by atoms with van der Waals surface area (Å²) in [7, 11) is 0. The van der Waals surface area contributed by atoms with Gasteiger partial charge < -0.3 is 9.47 Å². The third-order valence-electron chi connectivity index (χ3n) is 1.68. The van der Waals surface area contributed by atoms with Gasteiger partial charge in [-0.2, -0.15) is 0 Å². The Hall–Kier alpha value is -1.55. The summed E-state index contributed by atoms with van der Waals surface area (Å²) in [5.74, 6) is -1.07. The Morgan fingerprint density at radius 1 is 1.19 bits per heavy atom. The van der Waals surface area contributed by atoms with Gasteiger partial charge in [-0.25, -0.2) is 4.79 Å². The summed E-state index contributed by atoms with van der Waals surface area (Å²) in [4.78, 5) is 22.1. The third kappa shape index (κ3) is 3.90. The minimum Gasteiger partial charge on any atom is -0.426 e. The molecule has 0 amide bonds. The van der Waals surface area contributed by atoms with Crippen LogP contribution in [0.5, 0.6) is 0 Å². The van der Waals surface area contributed by atoms with Crippen molar-refractivity contribution >= 4 is 23.5 Å². The van der Waals surface area contributed by atoms with Gasteiger partial charge in [0.1, 0.15) is 0 Å². The van der Waals surface area contributed by atoms with E-state index in [0.717, 1.165) is 0 Å². The van der Waals surface area contributed by atoms with E-state index in [2.05, 4.69) is 4.74 Å². The average molecular weight is 243 g/mol. The molecule has 1 aromatic rings. The molecule has 0 spiro atoms. The van der Waals surface area contributed by atoms with E-state index >= 15 is 0 Å². The molecule has 86 valence electrons. The van der Waals surface area contributed by atoms with Crippen LogP contribution in [0.2, 0.25) is 5.02 Å². The van der Waals surface area contributed by atoms with Crippen LogP contribution in [-0.4, -0.2) is 18.2 Å². The highest BCUT2D eigenvalue weighted by atomic mass is 35.5. The number of esters is 2. The van der Waals surface area contributed by atoms with Crippen molar-refractivity contribution in [3.63, 3.8) is 0 Å². The number of carbonyl (C=O) groups is 2. The first-order valence-electron chi connectivity index (χ1n) is 4.63. The lowest BCUT2D eigenvalue weighted by atomic mass is 10.2. The Bertz CT molecular complexity index is 385. The molecule has 1 unspecified atom stereocenters. The SMILES string of the molecule is CC(=O)OC(C)OC(=O)c1ccc(Cl)cc1. The minimum atomic E-state index is -0.902. The van der Waals surface area contributed by atoms with Crippen molar-refractivity contribution in [1.29, 1.82) is 0 Å². The Morgan fingerprint density at radius 3 is 2.25 bits per heavy atom. The molecule has 16 heavy (non-hydrogen) atoms. The van der Waals surface area contributed by atoms with Crippen LogP contribution in [0, 0.1) is 0 Å². The molecule has 0 fully saturated rings. The molecule has 1 rings (SSSR count). The second kappa shape index (κ2) is 5.51. The quantitative estimate of drug-likeness (QED) is 0.603. The van der Waals surface area contributed by atoms with E-state index in [0.29, 0.717) is 10.6 Å². The molecule has 0 aliphatic heterocycles. The highest BCUT2D eigenvalue weighted by molar-refractivity contribution is 6.30. The lowest BCUT2D eigenvalue weighted by Crippen LogP contribution is -2.20. The third-order valence-corrected chi connectivity index (χ3v) is 1.94. The first-order chi connectivity index (χ1) is 7.49. The molecule has 4 nitrogen and oxygen atoms in total. The number of benzene rings is 1. The van der Waals surface area contributed by atoms with Crippen molar-refractivity contribution in [1.82, 2.24) is 0 Å². The molecule has 0 aliphatic carbocycles. The van der Waals surface area contributed by atoms with Crippen LogP contribution in [0.4, 0.5) is 0 Å². The van der Waals surface area contributed by atoms with E-state index in [1.807, 2.05) is 0 Å². The van der Waals surface area contributed by atoms with Crippen molar-refractivity contribution in [3.8, 4) is 0 Å². The summed E-state index contributed by atoms with van der Waals surface area (Å²) >= 11 is 5.67. The van der Waals surface area contributed by atoms with Gasteiger partial charge in [0.2, 0.25) is 6.29 Å². The second-order valence-corrected chi connectivity index (χ2v) is 3.53. The van der Waals surface area contributed by atoms with Gasteiger partial charge in [0.25, 0.3) is 0 Å². The Labute approximate surface area is 98.1 Å².